The van der Waals surface area contributed by atoms with Crippen molar-refractivity contribution in [1.29, 1.82) is 0 Å². The number of carboxylic acid groups (broad SMARTS) is 1. The Balaban J connectivity index is 1.79. The highest BCUT2D eigenvalue weighted by atomic mass is 16.5. The van der Waals surface area contributed by atoms with Crippen molar-refractivity contribution in [2.75, 3.05) is 6.54 Å². The maximum Gasteiger partial charge on any atom is 0.338 e. The van der Waals surface area contributed by atoms with E-state index in [0.29, 0.717) is 25.1 Å². The summed E-state index contributed by atoms with van der Waals surface area (Å²) in [6.07, 6.45) is 1.91. The zero-order valence-corrected chi connectivity index (χ0v) is 17.2. The maximum atomic E-state index is 12.9. The van der Waals surface area contributed by atoms with Crippen LogP contribution in [0.4, 0.5) is 0 Å². The highest BCUT2D eigenvalue weighted by Crippen LogP contribution is 2.27. The van der Waals surface area contributed by atoms with Gasteiger partial charge in [0.15, 0.2) is 0 Å². The molecular formula is C24H27NO5. The minimum atomic E-state index is -0.995. The van der Waals surface area contributed by atoms with Crippen LogP contribution in [0.3, 0.4) is 0 Å². The molecule has 1 atom stereocenters. The molecule has 2 aromatic rings. The van der Waals surface area contributed by atoms with E-state index in [1.807, 2.05) is 36.4 Å². The van der Waals surface area contributed by atoms with Crippen molar-refractivity contribution in [3.63, 3.8) is 0 Å². The summed E-state index contributed by atoms with van der Waals surface area (Å²) in [7, 11) is 0. The van der Waals surface area contributed by atoms with Gasteiger partial charge in [0.25, 0.3) is 0 Å². The highest BCUT2D eigenvalue weighted by molar-refractivity contribution is 5.90. The van der Waals surface area contributed by atoms with Crippen molar-refractivity contribution < 1.29 is 24.2 Å². The van der Waals surface area contributed by atoms with Crippen LogP contribution in [-0.2, 0) is 33.9 Å². The van der Waals surface area contributed by atoms with Crippen LogP contribution in [-0.4, -0.2) is 34.4 Å². The average molecular weight is 409 g/mol. The van der Waals surface area contributed by atoms with Gasteiger partial charge in [-0.1, -0.05) is 49.7 Å². The lowest BCUT2D eigenvalue weighted by Gasteiger charge is -2.23. The SMILES string of the molecule is CCCCN1Cc2ccc(C(=O)OCc3ccccc3)cc2CC(CC(=O)O)C1=O. The summed E-state index contributed by atoms with van der Waals surface area (Å²) in [5.74, 6) is -2.19. The second-order valence-corrected chi connectivity index (χ2v) is 7.66. The number of aliphatic carboxylic acids is 1. The molecule has 1 aliphatic heterocycles. The monoisotopic (exact) mass is 409 g/mol. The molecule has 6 heteroatoms. The molecule has 0 bridgehead atoms. The Hall–Kier alpha value is -3.15. The summed E-state index contributed by atoms with van der Waals surface area (Å²) in [4.78, 5) is 38.5. The van der Waals surface area contributed by atoms with Crippen molar-refractivity contribution in [1.82, 2.24) is 4.90 Å². The van der Waals surface area contributed by atoms with Crippen LogP contribution < -0.4 is 0 Å². The molecule has 0 saturated heterocycles. The van der Waals surface area contributed by atoms with Gasteiger partial charge in [0.05, 0.1) is 17.9 Å². The number of carbonyl (C=O) groups is 3. The van der Waals surface area contributed by atoms with Crippen molar-refractivity contribution in [3.05, 3.63) is 70.8 Å². The van der Waals surface area contributed by atoms with Crippen LogP contribution in [0.1, 0.15) is 53.2 Å². The van der Waals surface area contributed by atoms with Gasteiger partial charge in [-0.15, -0.1) is 0 Å². The molecule has 158 valence electrons. The first-order valence-electron chi connectivity index (χ1n) is 10.3. The number of benzene rings is 2. The van der Waals surface area contributed by atoms with E-state index in [1.165, 1.54) is 0 Å². The summed E-state index contributed by atoms with van der Waals surface area (Å²) < 4.78 is 5.41. The van der Waals surface area contributed by atoms with Gasteiger partial charge in [0, 0.05) is 13.1 Å². The highest BCUT2D eigenvalue weighted by Gasteiger charge is 2.31. The molecule has 1 N–H and O–H groups in total. The molecule has 0 fully saturated rings. The predicted molar refractivity (Wildman–Crippen MR) is 112 cm³/mol. The van der Waals surface area contributed by atoms with Crippen molar-refractivity contribution in [2.24, 2.45) is 5.92 Å². The summed E-state index contributed by atoms with van der Waals surface area (Å²) in [6.45, 7) is 3.27. The van der Waals surface area contributed by atoms with E-state index in [0.717, 1.165) is 29.5 Å². The normalized spacial score (nSPS) is 16.0. The third-order valence-corrected chi connectivity index (χ3v) is 5.35. The topological polar surface area (TPSA) is 83.9 Å². The first kappa shape index (κ1) is 21.6. The number of hydrogen-bond acceptors (Lipinski definition) is 4. The fraction of sp³-hybridized carbons (Fsp3) is 0.375. The van der Waals surface area contributed by atoms with E-state index in [4.69, 9.17) is 4.74 Å². The van der Waals surface area contributed by atoms with Crippen molar-refractivity contribution >= 4 is 17.8 Å². The third kappa shape index (κ3) is 5.47. The van der Waals surface area contributed by atoms with E-state index in [-0.39, 0.29) is 18.9 Å². The van der Waals surface area contributed by atoms with Gasteiger partial charge in [-0.3, -0.25) is 9.59 Å². The van der Waals surface area contributed by atoms with Crippen molar-refractivity contribution in [2.45, 2.75) is 45.8 Å². The van der Waals surface area contributed by atoms with E-state index >= 15 is 0 Å². The lowest BCUT2D eigenvalue weighted by Crippen LogP contribution is -2.36. The number of unbranched alkanes of at least 4 members (excludes halogenated alkanes) is 1. The summed E-state index contributed by atoms with van der Waals surface area (Å²) in [6, 6.07) is 14.8. The number of carboxylic acids is 1. The number of nitrogens with zero attached hydrogens (tertiary/aromatic N) is 1. The Labute approximate surface area is 176 Å². The molecule has 6 nitrogen and oxygen atoms in total. The molecule has 0 spiro atoms. The number of ether oxygens (including phenoxy) is 1. The Morgan fingerprint density at radius 1 is 1.13 bits per heavy atom. The van der Waals surface area contributed by atoms with Gasteiger partial charge in [0.1, 0.15) is 6.61 Å². The number of carbonyl (C=O) groups excluding carboxylic acids is 2. The first-order chi connectivity index (χ1) is 14.5. The zero-order chi connectivity index (χ0) is 21.5. The predicted octanol–water partition coefficient (Wildman–Crippen LogP) is 3.82. The lowest BCUT2D eigenvalue weighted by molar-refractivity contribution is -0.144. The molecule has 1 unspecified atom stereocenters. The molecule has 30 heavy (non-hydrogen) atoms. The van der Waals surface area contributed by atoms with Gasteiger partial charge < -0.3 is 14.7 Å². The van der Waals surface area contributed by atoms with Gasteiger partial charge in [-0.2, -0.15) is 0 Å². The number of fused-ring (bicyclic) bond motifs is 1. The Morgan fingerprint density at radius 3 is 2.60 bits per heavy atom. The second-order valence-electron chi connectivity index (χ2n) is 7.66. The van der Waals surface area contributed by atoms with Gasteiger partial charge in [-0.05, 0) is 41.7 Å². The van der Waals surface area contributed by atoms with E-state index in [9.17, 15) is 19.5 Å². The van der Waals surface area contributed by atoms with Crippen molar-refractivity contribution in [3.8, 4) is 0 Å². The fourth-order valence-corrected chi connectivity index (χ4v) is 3.71. The smallest absolute Gasteiger partial charge is 0.338 e. The Bertz CT molecular complexity index is 909. The average Bonchev–Trinajstić information content (AvgIpc) is 2.87. The minimum Gasteiger partial charge on any atom is -0.481 e. The minimum absolute atomic E-state index is 0.129. The molecule has 0 aliphatic carbocycles. The summed E-state index contributed by atoms with van der Waals surface area (Å²) >= 11 is 0. The second kappa shape index (κ2) is 10.1. The lowest BCUT2D eigenvalue weighted by atomic mass is 9.93. The standard InChI is InChI=1S/C24H27NO5/c1-2-3-11-25-15-19-10-9-18(24(29)30-16-17-7-5-4-6-8-17)12-20(19)13-21(23(25)28)14-22(26)27/h4-10,12,21H,2-3,11,13-16H2,1H3,(H,26,27). The van der Waals surface area contributed by atoms with Crippen LogP contribution in [0.25, 0.3) is 0 Å². The van der Waals surface area contributed by atoms with Gasteiger partial charge in [0.2, 0.25) is 5.91 Å². The molecule has 3 rings (SSSR count). The number of esters is 1. The van der Waals surface area contributed by atoms with Crippen LogP contribution in [0.15, 0.2) is 48.5 Å². The third-order valence-electron chi connectivity index (χ3n) is 5.35. The van der Waals surface area contributed by atoms with E-state index in [2.05, 4.69) is 6.92 Å². The Morgan fingerprint density at radius 2 is 1.90 bits per heavy atom. The molecule has 1 amide bonds. The van der Waals surface area contributed by atoms with Crippen LogP contribution in [0.2, 0.25) is 0 Å². The molecular weight excluding hydrogens is 382 g/mol. The van der Waals surface area contributed by atoms with Crippen LogP contribution >= 0.6 is 0 Å². The quantitative estimate of drug-likeness (QED) is 0.670. The van der Waals surface area contributed by atoms with Gasteiger partial charge >= 0.3 is 11.9 Å². The molecule has 0 radical (unpaired) electrons. The number of rotatable bonds is 8. The zero-order valence-electron chi connectivity index (χ0n) is 17.2. The molecule has 1 heterocycles. The maximum absolute atomic E-state index is 12.9. The Kier molecular flexibility index (Phi) is 7.22. The molecule has 0 aromatic heterocycles. The number of hydrogen-bond donors (Lipinski definition) is 1. The summed E-state index contributed by atoms with van der Waals surface area (Å²) in [5.41, 5.74) is 3.10. The van der Waals surface area contributed by atoms with Crippen LogP contribution in [0, 0.1) is 5.92 Å². The number of amides is 1. The largest absolute Gasteiger partial charge is 0.481 e. The molecule has 0 saturated carbocycles. The first-order valence-corrected chi connectivity index (χ1v) is 10.3. The molecule has 2 aromatic carbocycles. The summed E-state index contributed by atoms with van der Waals surface area (Å²) in [5, 5.41) is 9.26. The van der Waals surface area contributed by atoms with E-state index < -0.39 is 17.9 Å². The molecule has 1 aliphatic rings. The van der Waals surface area contributed by atoms with Crippen LogP contribution in [0.5, 0.6) is 0 Å². The fourth-order valence-electron chi connectivity index (χ4n) is 3.71. The van der Waals surface area contributed by atoms with E-state index in [1.54, 1.807) is 17.0 Å². The van der Waals surface area contributed by atoms with Gasteiger partial charge in [-0.25, -0.2) is 4.79 Å².